The summed E-state index contributed by atoms with van der Waals surface area (Å²) in [6.07, 6.45) is 26.5. The minimum absolute atomic E-state index is 0.107. The van der Waals surface area contributed by atoms with E-state index in [0.717, 1.165) is 71.6 Å². The summed E-state index contributed by atoms with van der Waals surface area (Å²) in [4.78, 5) is 34.6. The van der Waals surface area contributed by atoms with Crippen molar-refractivity contribution < 1.29 is 60.5 Å². The van der Waals surface area contributed by atoms with Gasteiger partial charge in [-0.1, -0.05) is 46.3 Å². The molecule has 23 nitrogen and oxygen atoms in total. The Kier molecular flexibility index (Phi) is 51.8. The van der Waals surface area contributed by atoms with Crippen molar-refractivity contribution in [3.8, 4) is 0 Å². The van der Waals surface area contributed by atoms with Crippen LogP contribution in [0.4, 0.5) is 13.2 Å². The number of nitrogens with zero attached hydrogens (tertiary/aromatic N) is 13. The predicted molar refractivity (Wildman–Crippen MR) is 374 cm³/mol. The van der Waals surface area contributed by atoms with Gasteiger partial charge in [-0.2, -0.15) is 29.2 Å². The van der Waals surface area contributed by atoms with Gasteiger partial charge in [0.25, 0.3) is 0 Å². The van der Waals surface area contributed by atoms with Crippen molar-refractivity contribution in [1.82, 2.24) is 65.3 Å². The standard InChI is InChI=1S/C8H10BrNO.3C8H11NO.3C7H8FNO.C7H10N2O.2C6H8N2O/c1-6-7(9)3-4-10-8(6)5-11-2;1-7-3-4-8(5-9-7)6-10-2;1-7-8(6-10-2)4-3-5-9-7;1-7(10-2)8-4-3-5-9-6-8;1-10-5-6-2-7(8)4-9-3-6;1-10-5-6-2-3-7(8)9-4-6;1-10-5-6-3-2-4-9-7(6)8;1-6(10-2)7-3-4-8-9-5-7;1-9-4-6-2-7-5-8-3-6;1-9-5-6-2-3-7-8-4-6/h3-4H,5H2,1-2H3;2*3-5H,6H2,1-2H3;3-7H,1-2H3;3*2-4H,5H2,1H3;3-6H,1-2H3;2-3,5H,4H2,1H3;2-4H,5H2,1H3. The van der Waals surface area contributed by atoms with Gasteiger partial charge in [-0.15, -0.1) is 0 Å². The van der Waals surface area contributed by atoms with Gasteiger partial charge < -0.3 is 47.4 Å². The molecule has 0 amide bonds. The van der Waals surface area contributed by atoms with Crippen LogP contribution in [0.15, 0.2) is 189 Å². The summed E-state index contributed by atoms with van der Waals surface area (Å²) in [7, 11) is 16.4. The van der Waals surface area contributed by atoms with Crippen LogP contribution in [0, 0.1) is 38.5 Å². The fraction of sp³-hybridized carbons (Fsp3) is 0.347. The first kappa shape index (κ1) is 88.2. The van der Waals surface area contributed by atoms with E-state index in [1.54, 1.807) is 144 Å². The fourth-order valence-electron chi connectivity index (χ4n) is 7.02. The molecule has 0 spiro atoms. The Bertz CT molecular complexity index is 3350. The average molecular weight is 1440 g/mol. The number of ether oxygens (including phenoxy) is 10. The largest absolute Gasteiger partial charge is 0.380 e. The van der Waals surface area contributed by atoms with E-state index < -0.39 is 11.9 Å². The molecule has 0 saturated carbocycles. The third kappa shape index (κ3) is 43.2. The van der Waals surface area contributed by atoms with Crippen LogP contribution in [-0.2, 0) is 100 Å². The summed E-state index contributed by atoms with van der Waals surface area (Å²) >= 11 is 3.42. The number of aromatic nitrogens is 13. The van der Waals surface area contributed by atoms with Crippen LogP contribution in [0.2, 0.25) is 0 Å². The summed E-state index contributed by atoms with van der Waals surface area (Å²) in [6, 6.07) is 25.2. The van der Waals surface area contributed by atoms with Crippen LogP contribution < -0.4 is 0 Å². The summed E-state index contributed by atoms with van der Waals surface area (Å²) in [5.74, 6) is -1.24. The molecule has 10 heterocycles. The molecule has 0 aliphatic rings. The molecule has 534 valence electrons. The lowest BCUT2D eigenvalue weighted by Crippen LogP contribution is -1.96. The predicted octanol–water partition coefficient (Wildman–Crippen LogP) is 13.7. The van der Waals surface area contributed by atoms with Gasteiger partial charge in [0.15, 0.2) is 0 Å². The topological polar surface area (TPSA) is 260 Å². The highest BCUT2D eigenvalue weighted by molar-refractivity contribution is 9.10. The Morgan fingerprint density at radius 3 is 1.39 bits per heavy atom. The lowest BCUT2D eigenvalue weighted by Gasteiger charge is -2.07. The number of aryl methyl sites for hydroxylation is 2. The van der Waals surface area contributed by atoms with E-state index in [1.165, 1.54) is 44.2 Å². The van der Waals surface area contributed by atoms with Gasteiger partial charge in [0.2, 0.25) is 11.9 Å². The highest BCUT2D eigenvalue weighted by Crippen LogP contribution is 2.18. The number of hydrogen-bond donors (Lipinski definition) is 0. The Labute approximate surface area is 588 Å². The molecule has 2 atom stereocenters. The van der Waals surface area contributed by atoms with Gasteiger partial charge in [-0.25, -0.2) is 24.3 Å². The lowest BCUT2D eigenvalue weighted by molar-refractivity contribution is 0.119. The van der Waals surface area contributed by atoms with Gasteiger partial charge >= 0.3 is 0 Å². The third-order valence-electron chi connectivity index (χ3n) is 12.4. The van der Waals surface area contributed by atoms with E-state index in [-0.39, 0.29) is 24.6 Å². The summed E-state index contributed by atoms with van der Waals surface area (Å²) in [5, 5.41) is 14.7. The molecule has 10 aromatic rings. The quantitative estimate of drug-likeness (QED) is 0.0642. The van der Waals surface area contributed by atoms with Gasteiger partial charge in [-0.3, -0.25) is 24.9 Å². The Morgan fingerprint density at radius 2 is 0.899 bits per heavy atom. The van der Waals surface area contributed by atoms with E-state index >= 15 is 0 Å². The molecule has 0 aliphatic heterocycles. The number of rotatable bonds is 20. The molecule has 0 radical (unpaired) electrons. The summed E-state index contributed by atoms with van der Waals surface area (Å²) in [6.45, 7) is 14.2. The van der Waals surface area contributed by atoms with Crippen LogP contribution in [-0.4, -0.2) is 136 Å². The lowest BCUT2D eigenvalue weighted by atomic mass is 10.2. The van der Waals surface area contributed by atoms with Gasteiger partial charge in [-0.05, 0) is 128 Å². The molecular formula is C72H93BrF3N13O10. The molecule has 0 aromatic carbocycles. The molecule has 27 heteroatoms. The van der Waals surface area contributed by atoms with Crippen LogP contribution in [0.3, 0.4) is 0 Å². The number of hydrogen-bond acceptors (Lipinski definition) is 23. The molecule has 10 aromatic heterocycles. The van der Waals surface area contributed by atoms with Crippen molar-refractivity contribution in [3.05, 3.63) is 279 Å². The van der Waals surface area contributed by atoms with Crippen LogP contribution >= 0.6 is 15.9 Å². The van der Waals surface area contributed by atoms with Gasteiger partial charge in [0.1, 0.15) is 12.1 Å². The second-order valence-corrected chi connectivity index (χ2v) is 20.9. The molecule has 0 saturated heterocycles. The van der Waals surface area contributed by atoms with Gasteiger partial charge in [0, 0.05) is 178 Å². The van der Waals surface area contributed by atoms with Crippen LogP contribution in [0.5, 0.6) is 0 Å². The number of halogens is 4. The first-order valence-electron chi connectivity index (χ1n) is 30.3. The van der Waals surface area contributed by atoms with Crippen molar-refractivity contribution in [3.63, 3.8) is 0 Å². The van der Waals surface area contributed by atoms with E-state index in [9.17, 15) is 13.2 Å². The molecule has 2 unspecified atom stereocenters. The average Bonchev–Trinajstić information content (AvgIpc) is 1.49. The molecule has 0 N–H and O–H groups in total. The van der Waals surface area contributed by atoms with Crippen molar-refractivity contribution >= 4 is 15.9 Å². The van der Waals surface area contributed by atoms with Crippen molar-refractivity contribution in [2.75, 3.05) is 71.1 Å². The maximum absolute atomic E-state index is 12.6. The van der Waals surface area contributed by atoms with Crippen LogP contribution in [0.25, 0.3) is 0 Å². The fourth-order valence-corrected chi connectivity index (χ4v) is 7.37. The zero-order valence-corrected chi connectivity index (χ0v) is 60.6. The maximum Gasteiger partial charge on any atom is 0.218 e. The number of pyridine rings is 7. The van der Waals surface area contributed by atoms with Crippen molar-refractivity contribution in [2.24, 2.45) is 0 Å². The number of methoxy groups -OCH3 is 10. The molecule has 0 aliphatic carbocycles. The molecule has 10 rings (SSSR count). The highest BCUT2D eigenvalue weighted by atomic mass is 79.9. The highest BCUT2D eigenvalue weighted by Gasteiger charge is 2.04. The normalized spacial score (nSPS) is 10.4. The van der Waals surface area contributed by atoms with Crippen molar-refractivity contribution in [2.45, 2.75) is 99.7 Å². The van der Waals surface area contributed by atoms with Crippen molar-refractivity contribution in [1.29, 1.82) is 0 Å². The minimum Gasteiger partial charge on any atom is -0.380 e. The molecule has 99 heavy (non-hydrogen) atoms. The molecule has 0 bridgehead atoms. The third-order valence-corrected chi connectivity index (χ3v) is 13.2. The van der Waals surface area contributed by atoms with E-state index in [2.05, 4.69) is 81.2 Å². The zero-order chi connectivity index (χ0) is 73.1. The molecule has 0 fully saturated rings. The zero-order valence-electron chi connectivity index (χ0n) is 59.0. The smallest absolute Gasteiger partial charge is 0.218 e. The Balaban J connectivity index is 0.000000550. The monoisotopic (exact) mass is 1440 g/mol. The van der Waals surface area contributed by atoms with E-state index in [4.69, 9.17) is 47.4 Å². The van der Waals surface area contributed by atoms with E-state index in [0.29, 0.717) is 51.8 Å². The summed E-state index contributed by atoms with van der Waals surface area (Å²) in [5.41, 5.74) is 12.8. The first-order valence-corrected chi connectivity index (χ1v) is 31.1. The maximum atomic E-state index is 12.6. The Hall–Kier alpha value is -8.84. The summed E-state index contributed by atoms with van der Waals surface area (Å²) < 4.78 is 87.3. The van der Waals surface area contributed by atoms with Crippen LogP contribution in [0.1, 0.15) is 98.8 Å². The second kappa shape index (κ2) is 58.2. The van der Waals surface area contributed by atoms with E-state index in [1.807, 2.05) is 102 Å². The Morgan fingerprint density at radius 1 is 0.384 bits per heavy atom. The SMILES string of the molecule is COC(C)c1cccnc1.COC(C)c1ccnnc1.COCc1ccc(C)nc1.COCc1ccc(F)nc1.COCc1cccnc1C.COCc1cccnc1F.COCc1ccnnc1.COCc1cncc(F)c1.COCc1cncnc1.COCc1nccc(Br)c1C. The second-order valence-electron chi connectivity index (χ2n) is 20.1. The first-order chi connectivity index (χ1) is 48.0. The molecular weight excluding hydrogens is 1340 g/mol. The minimum atomic E-state index is -0.458. The van der Waals surface area contributed by atoms with Gasteiger partial charge in [0.05, 0.1) is 89.3 Å².